The molecule has 0 saturated carbocycles. The summed E-state index contributed by atoms with van der Waals surface area (Å²) in [5.41, 5.74) is -2.58. The Labute approximate surface area is 220 Å². The zero-order valence-electron chi connectivity index (χ0n) is 20.1. The van der Waals surface area contributed by atoms with Crippen molar-refractivity contribution < 1.29 is 54.2 Å². The van der Waals surface area contributed by atoms with Gasteiger partial charge in [0.2, 0.25) is 0 Å². The molecule has 1 atom stereocenters. The van der Waals surface area contributed by atoms with Gasteiger partial charge in [0.05, 0.1) is 28.4 Å². The lowest BCUT2D eigenvalue weighted by Gasteiger charge is -2.23. The van der Waals surface area contributed by atoms with E-state index in [0.29, 0.717) is 12.4 Å². The molecule has 216 valence electrons. The molecule has 0 aliphatic rings. The molecule has 0 radical (unpaired) electrons. The molecule has 40 heavy (non-hydrogen) atoms. The van der Waals surface area contributed by atoms with Crippen molar-refractivity contribution >= 4 is 17.7 Å². The number of hydrogen-bond acceptors (Lipinski definition) is 5. The largest absolute Gasteiger partial charge is 0.490 e. The molecule has 0 unspecified atom stereocenters. The van der Waals surface area contributed by atoms with E-state index in [2.05, 4.69) is 20.6 Å². The Morgan fingerprint density at radius 1 is 0.875 bits per heavy atom. The van der Waals surface area contributed by atoms with Crippen LogP contribution < -0.4 is 10.6 Å². The number of benzene rings is 1. The third-order valence-electron chi connectivity index (χ3n) is 4.89. The topological polar surface area (TPSA) is 104 Å². The van der Waals surface area contributed by atoms with Gasteiger partial charge in [0.1, 0.15) is 5.82 Å². The van der Waals surface area contributed by atoms with Crippen LogP contribution in [0, 0.1) is 0 Å². The summed E-state index contributed by atoms with van der Waals surface area (Å²) in [6.07, 6.45) is -12.2. The van der Waals surface area contributed by atoms with Gasteiger partial charge in [-0.2, -0.15) is 39.5 Å². The summed E-state index contributed by atoms with van der Waals surface area (Å²) in [5.74, 6) is -3.03. The Kier molecular flexibility index (Phi) is 10.1. The van der Waals surface area contributed by atoms with Gasteiger partial charge >= 0.3 is 24.5 Å². The van der Waals surface area contributed by atoms with Crippen LogP contribution in [-0.2, 0) is 17.1 Å². The second-order valence-electron chi connectivity index (χ2n) is 7.73. The highest BCUT2D eigenvalue weighted by atomic mass is 19.4. The van der Waals surface area contributed by atoms with Crippen LogP contribution in [0.15, 0.2) is 60.9 Å². The van der Waals surface area contributed by atoms with E-state index in [1.54, 1.807) is 0 Å². The normalized spacial score (nSPS) is 12.6. The first-order valence-corrected chi connectivity index (χ1v) is 10.9. The van der Waals surface area contributed by atoms with Crippen molar-refractivity contribution in [2.45, 2.75) is 31.5 Å². The van der Waals surface area contributed by atoms with Crippen LogP contribution in [0.4, 0.5) is 45.3 Å². The fourth-order valence-corrected chi connectivity index (χ4v) is 3.09. The van der Waals surface area contributed by atoms with Gasteiger partial charge in [0, 0.05) is 18.9 Å². The molecule has 0 fully saturated rings. The fourth-order valence-electron chi connectivity index (χ4n) is 3.09. The Balaban J connectivity index is 0.000000708. The number of carboxylic acids is 1. The minimum Gasteiger partial charge on any atom is -0.475 e. The van der Waals surface area contributed by atoms with Crippen molar-refractivity contribution in [1.82, 2.24) is 15.3 Å². The summed E-state index contributed by atoms with van der Waals surface area (Å²) in [6, 6.07) is 6.84. The number of amides is 1. The van der Waals surface area contributed by atoms with Crippen LogP contribution >= 0.6 is 0 Å². The third kappa shape index (κ3) is 8.84. The maximum absolute atomic E-state index is 13.6. The monoisotopic (exact) mass is 582 g/mol. The van der Waals surface area contributed by atoms with Gasteiger partial charge in [-0.3, -0.25) is 9.78 Å². The van der Waals surface area contributed by atoms with E-state index in [0.717, 1.165) is 42.6 Å². The summed E-state index contributed by atoms with van der Waals surface area (Å²) in [4.78, 5) is 29.5. The van der Waals surface area contributed by atoms with Crippen molar-refractivity contribution in [3.8, 4) is 0 Å². The van der Waals surface area contributed by atoms with Gasteiger partial charge in [-0.15, -0.1) is 0 Å². The molecule has 0 bridgehead atoms. The third-order valence-corrected chi connectivity index (χ3v) is 4.89. The number of aliphatic carboxylic acids is 1. The summed E-state index contributed by atoms with van der Waals surface area (Å²) >= 11 is 0. The first-order valence-electron chi connectivity index (χ1n) is 10.9. The van der Waals surface area contributed by atoms with Crippen LogP contribution in [0.5, 0.6) is 0 Å². The SMILES string of the molecule is CCNc1ccc(C(=O)N[C@@H](c2ccc(C(F)(F)F)cc2)c2ncccc2C(F)(F)F)cn1.O=C(O)C(F)(F)F. The van der Waals surface area contributed by atoms with Crippen LogP contribution in [0.3, 0.4) is 0 Å². The lowest BCUT2D eigenvalue weighted by Crippen LogP contribution is -2.31. The highest BCUT2D eigenvalue weighted by molar-refractivity contribution is 5.94. The number of rotatable bonds is 6. The average molecular weight is 582 g/mol. The van der Waals surface area contributed by atoms with Crippen LogP contribution in [0.25, 0.3) is 0 Å². The molecule has 3 aromatic rings. The van der Waals surface area contributed by atoms with Crippen molar-refractivity contribution in [3.63, 3.8) is 0 Å². The van der Waals surface area contributed by atoms with Crippen molar-refractivity contribution in [2.75, 3.05) is 11.9 Å². The number of anilines is 1. The average Bonchev–Trinajstić information content (AvgIpc) is 2.87. The molecular formula is C24H19F9N4O3. The summed E-state index contributed by atoms with van der Waals surface area (Å²) < 4.78 is 111. The highest BCUT2D eigenvalue weighted by Gasteiger charge is 2.39. The summed E-state index contributed by atoms with van der Waals surface area (Å²) in [5, 5.41) is 12.5. The Morgan fingerprint density at radius 2 is 1.48 bits per heavy atom. The molecule has 16 heteroatoms. The molecule has 1 amide bonds. The maximum atomic E-state index is 13.6. The van der Waals surface area contributed by atoms with E-state index < -0.39 is 53.3 Å². The van der Waals surface area contributed by atoms with Crippen LogP contribution in [0.1, 0.15) is 45.7 Å². The molecule has 2 aromatic heterocycles. The molecule has 0 aliphatic heterocycles. The second-order valence-corrected chi connectivity index (χ2v) is 7.73. The number of nitrogens with zero attached hydrogens (tertiary/aromatic N) is 2. The van der Waals surface area contributed by atoms with Crippen LogP contribution in [0.2, 0.25) is 0 Å². The number of carboxylic acid groups (broad SMARTS) is 1. The van der Waals surface area contributed by atoms with Crippen molar-refractivity contribution in [3.05, 3.63) is 88.9 Å². The maximum Gasteiger partial charge on any atom is 0.490 e. The van der Waals surface area contributed by atoms with E-state index in [1.165, 1.54) is 18.3 Å². The quantitative estimate of drug-likeness (QED) is 0.304. The number of halogens is 9. The van der Waals surface area contributed by atoms with E-state index in [1.807, 2.05) is 6.92 Å². The first kappa shape index (κ1) is 31.8. The molecule has 3 rings (SSSR count). The molecule has 7 nitrogen and oxygen atoms in total. The van der Waals surface area contributed by atoms with E-state index >= 15 is 0 Å². The van der Waals surface area contributed by atoms with Crippen LogP contribution in [-0.4, -0.2) is 39.7 Å². The van der Waals surface area contributed by atoms with Gasteiger partial charge in [0.15, 0.2) is 0 Å². The first-order chi connectivity index (χ1) is 18.4. The zero-order chi connectivity index (χ0) is 30.3. The number of alkyl halides is 9. The number of hydrogen-bond donors (Lipinski definition) is 3. The number of aromatic nitrogens is 2. The highest BCUT2D eigenvalue weighted by Crippen LogP contribution is 2.36. The Morgan fingerprint density at radius 3 is 1.93 bits per heavy atom. The number of carbonyl (C=O) groups is 2. The van der Waals surface area contributed by atoms with Gasteiger partial charge in [0.25, 0.3) is 5.91 Å². The lowest BCUT2D eigenvalue weighted by atomic mass is 9.97. The lowest BCUT2D eigenvalue weighted by molar-refractivity contribution is -0.192. The molecule has 1 aromatic carbocycles. The fraction of sp³-hybridized carbons (Fsp3) is 0.250. The molecule has 2 heterocycles. The predicted octanol–water partition coefficient (Wildman–Crippen LogP) is 6.10. The van der Waals surface area contributed by atoms with E-state index in [9.17, 15) is 44.3 Å². The Bertz CT molecular complexity index is 1290. The van der Waals surface area contributed by atoms with Gasteiger partial charge in [-0.1, -0.05) is 12.1 Å². The van der Waals surface area contributed by atoms with Crippen molar-refractivity contribution in [1.29, 1.82) is 0 Å². The van der Waals surface area contributed by atoms with Gasteiger partial charge in [-0.25, -0.2) is 9.78 Å². The number of nitrogens with one attached hydrogen (secondary N) is 2. The Hall–Kier alpha value is -4.37. The molecule has 0 saturated heterocycles. The second kappa shape index (κ2) is 12.7. The van der Waals surface area contributed by atoms with Gasteiger partial charge < -0.3 is 15.7 Å². The summed E-state index contributed by atoms with van der Waals surface area (Å²) in [6.45, 7) is 2.44. The molecule has 0 aliphatic carbocycles. The summed E-state index contributed by atoms with van der Waals surface area (Å²) in [7, 11) is 0. The van der Waals surface area contributed by atoms with Crippen molar-refractivity contribution in [2.24, 2.45) is 0 Å². The minimum absolute atomic E-state index is 0.00206. The standard InChI is InChI=1S/C22H18F6N4O.C2HF3O2/c1-2-29-17-10-7-14(12-31-17)20(33)32-18(13-5-8-15(9-6-13)21(23,24)25)19-16(22(26,27)28)4-3-11-30-19;3-2(4,5)1(6)7/h3-12,18H,2H2,1H3,(H,29,31)(H,32,33);(H,6,7)/t18-;/m0./s1. The smallest absolute Gasteiger partial charge is 0.475 e. The molecule has 0 spiro atoms. The number of pyridine rings is 2. The molecule has 3 N–H and O–H groups in total. The predicted molar refractivity (Wildman–Crippen MR) is 122 cm³/mol. The van der Waals surface area contributed by atoms with E-state index in [4.69, 9.17) is 9.90 Å². The van der Waals surface area contributed by atoms with Gasteiger partial charge in [-0.05, 0) is 48.9 Å². The zero-order valence-corrected chi connectivity index (χ0v) is 20.1. The minimum atomic E-state index is -5.08. The van der Waals surface area contributed by atoms with E-state index in [-0.39, 0.29) is 11.1 Å². The number of carbonyl (C=O) groups excluding carboxylic acids is 1. The molecular weight excluding hydrogens is 563 g/mol.